The molecule has 0 aromatic heterocycles. The second kappa shape index (κ2) is 22.4. The van der Waals surface area contributed by atoms with Gasteiger partial charge in [-0.15, -0.1) is 4.76 Å². The number of unbranched alkanes of at least 4 members (excludes halogenated alkanes) is 2. The second-order valence-electron chi connectivity index (χ2n) is 7.98. The highest BCUT2D eigenvalue weighted by molar-refractivity contribution is 7.52. The van der Waals surface area contributed by atoms with Gasteiger partial charge in [-0.25, -0.2) is 14.2 Å². The predicted octanol–water partition coefficient (Wildman–Crippen LogP) is 4.01. The van der Waals surface area contributed by atoms with Crippen molar-refractivity contribution in [1.82, 2.24) is 4.90 Å². The Bertz CT molecular complexity index is 716. The van der Waals surface area contributed by atoms with Crippen LogP contribution in [0.25, 0.3) is 0 Å². The van der Waals surface area contributed by atoms with E-state index in [1.807, 2.05) is 20.8 Å². The Morgan fingerprint density at radius 2 is 1.13 bits per heavy atom. The summed E-state index contributed by atoms with van der Waals surface area (Å²) >= 11 is 0. The molecule has 222 valence electrons. The van der Waals surface area contributed by atoms with E-state index in [-0.39, 0.29) is 71.6 Å². The monoisotopic (exact) mass is 569 g/mol. The van der Waals surface area contributed by atoms with E-state index >= 15 is 0 Å². The van der Waals surface area contributed by atoms with Crippen LogP contribution in [0.5, 0.6) is 0 Å². The Labute approximate surface area is 225 Å². The van der Waals surface area contributed by atoms with Crippen molar-refractivity contribution >= 4 is 32.0 Å². The summed E-state index contributed by atoms with van der Waals surface area (Å²) in [5.41, 5.74) is 5.90. The Kier molecular flexibility index (Phi) is 20.9. The fourth-order valence-electron chi connectivity index (χ4n) is 2.30. The number of hydrogen-bond donors (Lipinski definition) is 1. The van der Waals surface area contributed by atoms with E-state index in [2.05, 4.69) is 4.76 Å². The lowest BCUT2D eigenvalue weighted by Crippen LogP contribution is -2.38. The molecule has 0 unspecified atom stereocenters. The third-order valence-corrected chi connectivity index (χ3v) is 5.88. The average molecular weight is 570 g/mol. The zero-order valence-electron chi connectivity index (χ0n) is 23.0. The minimum absolute atomic E-state index is 0.0404. The molecule has 2 N–H and O–H groups in total. The van der Waals surface area contributed by atoms with Crippen molar-refractivity contribution in [2.45, 2.75) is 65.7 Å². The number of esters is 1. The van der Waals surface area contributed by atoms with E-state index in [1.165, 1.54) is 11.9 Å². The lowest BCUT2D eigenvalue weighted by atomic mass is 10.4. The highest BCUT2D eigenvalue weighted by Gasteiger charge is 2.26. The van der Waals surface area contributed by atoms with E-state index in [0.717, 1.165) is 25.7 Å². The summed E-state index contributed by atoms with van der Waals surface area (Å²) in [5, 5.41) is 0. The van der Waals surface area contributed by atoms with Gasteiger partial charge < -0.3 is 34.3 Å². The summed E-state index contributed by atoms with van der Waals surface area (Å²) in [6.45, 7) is 6.00. The number of carbonyl (C=O) groups is 3. The van der Waals surface area contributed by atoms with Crippen molar-refractivity contribution in [3.05, 3.63) is 0 Å². The van der Waals surface area contributed by atoms with Crippen molar-refractivity contribution < 1.29 is 51.7 Å². The smallest absolute Gasteiger partial charge is 0.464 e. The van der Waals surface area contributed by atoms with Crippen LogP contribution in [0.3, 0.4) is 0 Å². The van der Waals surface area contributed by atoms with Gasteiger partial charge in [-0.05, 0) is 19.3 Å². The van der Waals surface area contributed by atoms with Gasteiger partial charge in [0.1, 0.15) is 6.54 Å². The van der Waals surface area contributed by atoms with Crippen molar-refractivity contribution in [2.75, 3.05) is 59.8 Å². The van der Waals surface area contributed by atoms with Gasteiger partial charge in [0.05, 0.1) is 46.2 Å². The van der Waals surface area contributed by atoms with Crippen molar-refractivity contribution in [3.8, 4) is 0 Å². The molecule has 0 amide bonds. The number of ether oxygens (including phenoxy) is 5. The number of likely N-dealkylation sites (N-methyl/N-ethyl adjacent to an activating group) is 1. The Morgan fingerprint density at radius 1 is 0.684 bits per heavy atom. The van der Waals surface area contributed by atoms with Crippen molar-refractivity contribution in [2.24, 2.45) is 10.5 Å². The van der Waals surface area contributed by atoms with Crippen LogP contribution in [0.4, 0.5) is 9.59 Å². The van der Waals surface area contributed by atoms with Gasteiger partial charge in [-0.2, -0.15) is 0 Å². The highest BCUT2D eigenvalue weighted by atomic mass is 31.2. The number of nitrogens with two attached hydrogens (primary N) is 1. The second-order valence-corrected chi connectivity index (χ2v) is 9.63. The fourth-order valence-corrected chi connectivity index (χ4v) is 3.62. The summed E-state index contributed by atoms with van der Waals surface area (Å²) in [6, 6.07) is 0. The summed E-state index contributed by atoms with van der Waals surface area (Å²) in [4.78, 5) is 36.0. The van der Waals surface area contributed by atoms with Gasteiger partial charge in [0, 0.05) is 19.9 Å². The summed E-state index contributed by atoms with van der Waals surface area (Å²) in [6.07, 6.45) is 2.64. The highest BCUT2D eigenvalue weighted by Crippen LogP contribution is 2.50. The molecule has 0 aliphatic carbocycles. The molecule has 0 bridgehead atoms. The van der Waals surface area contributed by atoms with E-state index in [1.54, 1.807) is 0 Å². The Morgan fingerprint density at radius 3 is 1.55 bits per heavy atom. The van der Waals surface area contributed by atoms with Gasteiger partial charge in [0.2, 0.25) is 5.96 Å². The van der Waals surface area contributed by atoms with Gasteiger partial charge in [-0.3, -0.25) is 13.8 Å². The molecule has 0 aromatic rings. The molecule has 0 spiro atoms. The molecule has 0 fully saturated rings. The van der Waals surface area contributed by atoms with Crippen LogP contribution in [-0.2, 0) is 42.1 Å². The number of hydrogen-bond acceptors (Lipinski definition) is 11. The van der Waals surface area contributed by atoms with Crippen molar-refractivity contribution in [1.29, 1.82) is 0 Å². The van der Waals surface area contributed by atoms with E-state index in [0.29, 0.717) is 6.42 Å². The minimum atomic E-state index is -4.14. The molecular formula is C23H44N3O11P. The number of guanidine groups is 1. The van der Waals surface area contributed by atoms with Crippen LogP contribution in [0, 0.1) is 0 Å². The van der Waals surface area contributed by atoms with E-state index in [4.69, 9.17) is 38.5 Å². The van der Waals surface area contributed by atoms with Crippen LogP contribution in [0.15, 0.2) is 4.76 Å². The fraction of sp³-hybridized carbons (Fsp3) is 0.826. The van der Waals surface area contributed by atoms with E-state index in [9.17, 15) is 18.9 Å². The van der Waals surface area contributed by atoms with Gasteiger partial charge in [-0.1, -0.05) is 33.6 Å². The van der Waals surface area contributed by atoms with Crippen LogP contribution in [0.2, 0.25) is 0 Å². The maximum atomic E-state index is 13.2. The average Bonchev–Trinajstić information content (AvgIpc) is 2.87. The molecule has 0 saturated heterocycles. The Balaban J connectivity index is 4.84. The minimum Gasteiger partial charge on any atom is -0.464 e. The van der Waals surface area contributed by atoms with Gasteiger partial charge in [0.15, 0.2) is 0 Å². The molecule has 0 radical (unpaired) electrons. The molecule has 0 atom stereocenters. The van der Waals surface area contributed by atoms with Crippen LogP contribution < -0.4 is 5.73 Å². The number of nitrogens with zero attached hydrogens (tertiary/aromatic N) is 2. The summed E-state index contributed by atoms with van der Waals surface area (Å²) in [5.74, 6) is -0.802. The Hall–Kier alpha value is -2.57. The molecule has 14 nitrogen and oxygen atoms in total. The topological polar surface area (TPSA) is 175 Å². The standard InChI is InChI=1S/C23H44N3O11P/c1-5-8-13-32-22(28)34-15-10-17-36-38(30,25-21(24)26(4)19-20(27)31-12-7-3)37-18-11-16-35-23(29)33-14-9-6-2/h5-19H2,1-4H3,(H2,24,25,30). The largest absolute Gasteiger partial charge is 0.508 e. The maximum absolute atomic E-state index is 13.2. The lowest BCUT2D eigenvalue weighted by molar-refractivity contribution is -0.143. The first-order valence-electron chi connectivity index (χ1n) is 12.9. The normalized spacial score (nSPS) is 11.5. The maximum Gasteiger partial charge on any atom is 0.508 e. The van der Waals surface area contributed by atoms with Crippen LogP contribution in [0.1, 0.15) is 65.7 Å². The third kappa shape index (κ3) is 19.5. The lowest BCUT2D eigenvalue weighted by Gasteiger charge is -2.20. The molecule has 0 saturated carbocycles. The molecule has 0 heterocycles. The zero-order valence-corrected chi connectivity index (χ0v) is 23.9. The summed E-state index contributed by atoms with van der Waals surface area (Å²) in [7, 11) is -2.67. The first kappa shape index (κ1) is 35.4. The van der Waals surface area contributed by atoms with Crippen LogP contribution >= 0.6 is 7.75 Å². The molecule has 0 aliphatic rings. The van der Waals surface area contributed by atoms with Crippen LogP contribution in [-0.4, -0.2) is 89.0 Å². The van der Waals surface area contributed by atoms with Gasteiger partial charge in [0.25, 0.3) is 0 Å². The first-order chi connectivity index (χ1) is 18.2. The molecule has 0 aromatic carbocycles. The predicted molar refractivity (Wildman–Crippen MR) is 139 cm³/mol. The molecule has 15 heteroatoms. The summed E-state index contributed by atoms with van der Waals surface area (Å²) < 4.78 is 52.4. The van der Waals surface area contributed by atoms with Gasteiger partial charge >= 0.3 is 26.0 Å². The number of rotatable bonds is 21. The molecule has 0 rings (SSSR count). The molecule has 38 heavy (non-hydrogen) atoms. The number of carbonyl (C=O) groups excluding carboxylic acids is 3. The molecular weight excluding hydrogens is 525 g/mol. The zero-order chi connectivity index (χ0) is 28.7. The first-order valence-corrected chi connectivity index (χ1v) is 14.4. The third-order valence-electron chi connectivity index (χ3n) is 4.41. The SMILES string of the molecule is CCCCOC(=O)OCCCOP(=O)(/N=C(\N)N(C)CC(=O)OCCC)OCCCOC(=O)OCCCC. The quantitative estimate of drug-likeness (QED) is 0.0524. The van der Waals surface area contributed by atoms with Crippen molar-refractivity contribution in [3.63, 3.8) is 0 Å². The molecule has 0 aliphatic heterocycles. The van der Waals surface area contributed by atoms with E-state index < -0.39 is 26.0 Å².